The summed E-state index contributed by atoms with van der Waals surface area (Å²) in [5.74, 6) is -0.0697. The normalized spacial score (nSPS) is 15.5. The lowest BCUT2D eigenvalue weighted by Gasteiger charge is -2.14. The van der Waals surface area contributed by atoms with Crippen LogP contribution in [0.15, 0.2) is 35.4 Å². The molecule has 90 valence electrons. The minimum Gasteiger partial charge on any atom is -0.340 e. The molecule has 0 saturated carbocycles. The van der Waals surface area contributed by atoms with E-state index in [2.05, 4.69) is 0 Å². The zero-order valence-electron chi connectivity index (χ0n) is 10.6. The summed E-state index contributed by atoms with van der Waals surface area (Å²) in [6, 6.07) is 7.63. The lowest BCUT2D eigenvalue weighted by molar-refractivity contribution is 0.0971. The number of fused-ring (bicyclic) bond motifs is 3. The fourth-order valence-electron chi connectivity index (χ4n) is 2.59. The molecule has 1 aliphatic rings. The average Bonchev–Trinajstić information content (AvgIpc) is 2.68. The molecule has 1 aromatic heterocycles. The first-order valence-electron chi connectivity index (χ1n) is 5.88. The van der Waals surface area contributed by atoms with Gasteiger partial charge in [0.1, 0.15) is 5.69 Å². The second-order valence-corrected chi connectivity index (χ2v) is 4.71. The molecule has 0 amide bonds. The summed E-state index contributed by atoms with van der Waals surface area (Å²) in [6.07, 6.45) is 0. The molecule has 0 N–H and O–H groups in total. The summed E-state index contributed by atoms with van der Waals surface area (Å²) in [4.78, 5) is 24.7. The van der Waals surface area contributed by atoms with Gasteiger partial charge in [-0.1, -0.05) is 18.2 Å². The van der Waals surface area contributed by atoms with Crippen molar-refractivity contribution in [2.45, 2.75) is 13.8 Å². The Balaban J connectivity index is 2.51. The van der Waals surface area contributed by atoms with Crippen molar-refractivity contribution in [2.75, 3.05) is 0 Å². The van der Waals surface area contributed by atoms with Crippen molar-refractivity contribution in [1.82, 2.24) is 4.57 Å². The molecule has 0 radical (unpaired) electrons. The van der Waals surface area contributed by atoms with Crippen LogP contribution in [0.2, 0.25) is 0 Å². The quantitative estimate of drug-likeness (QED) is 0.709. The maximum Gasteiger partial charge on any atom is 0.206 e. The van der Waals surface area contributed by atoms with E-state index in [9.17, 15) is 9.59 Å². The summed E-state index contributed by atoms with van der Waals surface area (Å²) in [7, 11) is 1.83. The molecule has 2 aromatic rings. The predicted molar refractivity (Wildman–Crippen MR) is 70.0 cm³/mol. The molecule has 0 unspecified atom stereocenters. The number of rotatable bonds is 0. The van der Waals surface area contributed by atoms with Crippen molar-refractivity contribution in [3.8, 4) is 0 Å². The van der Waals surface area contributed by atoms with Crippen LogP contribution in [0.3, 0.4) is 0 Å². The monoisotopic (exact) mass is 239 g/mol. The molecule has 3 rings (SSSR count). The standard InChI is InChI=1S/C15H13NO2/c1-8-9(2)15(18)13-12(14(8)17)10-6-4-5-7-11(10)16(13)3/h4-7H,1-3H3. The van der Waals surface area contributed by atoms with Gasteiger partial charge in [-0.15, -0.1) is 0 Å². The molecule has 3 heteroatoms. The van der Waals surface area contributed by atoms with Crippen LogP contribution in [0.5, 0.6) is 0 Å². The van der Waals surface area contributed by atoms with Gasteiger partial charge in [0.25, 0.3) is 0 Å². The van der Waals surface area contributed by atoms with Crippen LogP contribution in [0.4, 0.5) is 0 Å². The molecule has 0 fully saturated rings. The molecule has 0 saturated heterocycles. The Morgan fingerprint density at radius 1 is 0.944 bits per heavy atom. The number of aromatic nitrogens is 1. The number of para-hydroxylation sites is 1. The predicted octanol–water partition coefficient (Wildman–Crippen LogP) is 2.89. The minimum atomic E-state index is -0.0409. The zero-order chi connectivity index (χ0) is 13.0. The molecule has 0 spiro atoms. The van der Waals surface area contributed by atoms with Crippen molar-refractivity contribution >= 4 is 22.5 Å². The largest absolute Gasteiger partial charge is 0.340 e. The van der Waals surface area contributed by atoms with Crippen molar-refractivity contribution in [3.05, 3.63) is 46.7 Å². The van der Waals surface area contributed by atoms with Crippen LogP contribution in [0.25, 0.3) is 10.9 Å². The summed E-state index contributed by atoms with van der Waals surface area (Å²) in [5, 5.41) is 0.861. The van der Waals surface area contributed by atoms with Crippen LogP contribution in [0, 0.1) is 0 Å². The van der Waals surface area contributed by atoms with Crippen molar-refractivity contribution in [3.63, 3.8) is 0 Å². The maximum atomic E-state index is 12.4. The maximum absolute atomic E-state index is 12.4. The van der Waals surface area contributed by atoms with E-state index in [0.717, 1.165) is 10.9 Å². The molecular weight excluding hydrogens is 226 g/mol. The molecule has 0 bridgehead atoms. The molecular formula is C15H13NO2. The number of nitrogens with zero attached hydrogens (tertiary/aromatic N) is 1. The Kier molecular flexibility index (Phi) is 2.08. The van der Waals surface area contributed by atoms with Crippen molar-refractivity contribution in [1.29, 1.82) is 0 Å². The lowest BCUT2D eigenvalue weighted by Crippen LogP contribution is -2.20. The first kappa shape index (κ1) is 11.0. The van der Waals surface area contributed by atoms with E-state index >= 15 is 0 Å². The highest BCUT2D eigenvalue weighted by Crippen LogP contribution is 2.33. The number of benzene rings is 1. The van der Waals surface area contributed by atoms with E-state index in [1.54, 1.807) is 13.8 Å². The second kappa shape index (κ2) is 3.42. The van der Waals surface area contributed by atoms with Crippen LogP contribution in [-0.2, 0) is 7.05 Å². The number of allylic oxidation sites excluding steroid dienone is 2. The topological polar surface area (TPSA) is 39.1 Å². The van der Waals surface area contributed by atoms with E-state index in [4.69, 9.17) is 0 Å². The fourth-order valence-corrected chi connectivity index (χ4v) is 2.59. The Morgan fingerprint density at radius 2 is 1.56 bits per heavy atom. The molecule has 1 aromatic carbocycles. The third-order valence-corrected chi connectivity index (χ3v) is 3.79. The number of hydrogen-bond donors (Lipinski definition) is 0. The van der Waals surface area contributed by atoms with Crippen molar-refractivity contribution in [2.24, 2.45) is 7.05 Å². The van der Waals surface area contributed by atoms with Crippen LogP contribution < -0.4 is 0 Å². The lowest BCUT2D eigenvalue weighted by atomic mass is 9.88. The molecule has 0 atom stereocenters. The van der Waals surface area contributed by atoms with E-state index in [0.29, 0.717) is 22.4 Å². The highest BCUT2D eigenvalue weighted by atomic mass is 16.1. The van der Waals surface area contributed by atoms with E-state index in [1.807, 2.05) is 35.9 Å². The molecule has 0 aliphatic heterocycles. The van der Waals surface area contributed by atoms with Crippen LogP contribution in [0.1, 0.15) is 34.7 Å². The summed E-state index contributed by atoms with van der Waals surface area (Å²) >= 11 is 0. The van der Waals surface area contributed by atoms with Gasteiger partial charge in [-0.25, -0.2) is 0 Å². The number of hydrogen-bond acceptors (Lipinski definition) is 2. The van der Waals surface area contributed by atoms with Gasteiger partial charge >= 0.3 is 0 Å². The summed E-state index contributed by atoms with van der Waals surface area (Å²) in [6.45, 7) is 3.44. The van der Waals surface area contributed by atoms with Gasteiger partial charge in [0, 0.05) is 29.1 Å². The first-order chi connectivity index (χ1) is 8.54. The summed E-state index contributed by atoms with van der Waals surface area (Å²) < 4.78 is 1.82. The van der Waals surface area contributed by atoms with Gasteiger partial charge in [0.05, 0.1) is 5.56 Å². The van der Waals surface area contributed by atoms with E-state index in [-0.39, 0.29) is 11.6 Å². The van der Waals surface area contributed by atoms with E-state index in [1.165, 1.54) is 0 Å². The van der Waals surface area contributed by atoms with Gasteiger partial charge in [-0.2, -0.15) is 0 Å². The third-order valence-electron chi connectivity index (χ3n) is 3.79. The minimum absolute atomic E-state index is 0.0288. The van der Waals surface area contributed by atoms with E-state index < -0.39 is 0 Å². The van der Waals surface area contributed by atoms with Crippen molar-refractivity contribution < 1.29 is 9.59 Å². The Labute approximate surface area is 105 Å². The molecule has 3 nitrogen and oxygen atoms in total. The van der Waals surface area contributed by atoms with Gasteiger partial charge < -0.3 is 4.57 Å². The Morgan fingerprint density at radius 3 is 2.28 bits per heavy atom. The number of aryl methyl sites for hydroxylation is 1. The second-order valence-electron chi connectivity index (χ2n) is 4.71. The highest BCUT2D eigenvalue weighted by molar-refractivity contribution is 6.30. The Hall–Kier alpha value is -2.16. The first-order valence-corrected chi connectivity index (χ1v) is 5.88. The SMILES string of the molecule is CC1=C(C)C(=O)c2c(c3ccccc3n2C)C1=O. The smallest absolute Gasteiger partial charge is 0.206 e. The summed E-state index contributed by atoms with van der Waals surface area (Å²) in [5.41, 5.74) is 3.11. The van der Waals surface area contributed by atoms with Gasteiger partial charge in [-0.05, 0) is 19.9 Å². The van der Waals surface area contributed by atoms with Crippen LogP contribution >= 0.6 is 0 Å². The number of carbonyl (C=O) groups is 2. The number of ketones is 2. The highest BCUT2D eigenvalue weighted by Gasteiger charge is 2.32. The number of Topliss-reactive ketones (excluding diaryl/α,β-unsaturated/α-hetero) is 2. The third kappa shape index (κ3) is 1.13. The fraction of sp³-hybridized carbons (Fsp3) is 0.200. The molecule has 1 heterocycles. The molecule has 1 aliphatic carbocycles. The van der Waals surface area contributed by atoms with Gasteiger partial charge in [0.15, 0.2) is 5.78 Å². The molecule has 18 heavy (non-hydrogen) atoms. The Bertz CT molecular complexity index is 747. The number of carbonyl (C=O) groups excluding carboxylic acids is 2. The zero-order valence-corrected chi connectivity index (χ0v) is 10.6. The van der Waals surface area contributed by atoms with Gasteiger partial charge in [-0.3, -0.25) is 9.59 Å². The van der Waals surface area contributed by atoms with Gasteiger partial charge in [0.2, 0.25) is 5.78 Å². The average molecular weight is 239 g/mol. The van der Waals surface area contributed by atoms with Crippen LogP contribution in [-0.4, -0.2) is 16.1 Å².